The Morgan fingerprint density at radius 3 is 2.24 bits per heavy atom. The second-order valence-corrected chi connectivity index (χ2v) is 5.26. The molecule has 0 saturated heterocycles. The van der Waals surface area contributed by atoms with Crippen molar-refractivity contribution < 1.29 is 45.2 Å². The van der Waals surface area contributed by atoms with E-state index in [9.17, 15) is 35.7 Å². The van der Waals surface area contributed by atoms with Gasteiger partial charge in [-0.1, -0.05) is 6.58 Å². The van der Waals surface area contributed by atoms with Crippen molar-refractivity contribution in [2.45, 2.75) is 24.5 Å². The van der Waals surface area contributed by atoms with E-state index >= 15 is 0 Å². The Hall–Kier alpha value is -1.62. The zero-order chi connectivity index (χ0) is 16.7. The number of carbonyl (C=O) groups excluding carboxylic acids is 2. The van der Waals surface area contributed by atoms with Crippen LogP contribution in [0, 0.1) is 0 Å². The lowest BCUT2D eigenvalue weighted by Gasteiger charge is -2.19. The molecule has 0 radical (unpaired) electrons. The molecule has 7 nitrogen and oxygen atoms in total. The van der Waals surface area contributed by atoms with Gasteiger partial charge in [0.25, 0.3) is 0 Å². The maximum Gasteiger partial charge on any atom is 0.367 e. The molecule has 0 aromatic rings. The zero-order valence-corrected chi connectivity index (χ0v) is 11.5. The van der Waals surface area contributed by atoms with Crippen LogP contribution in [0.1, 0.15) is 19.3 Å². The third kappa shape index (κ3) is 7.66. The van der Waals surface area contributed by atoms with E-state index in [-0.39, 0.29) is 25.9 Å². The largest absolute Gasteiger partial charge is 0.743 e. The molecule has 0 amide bonds. The molecule has 0 aliphatic heterocycles. The quantitative estimate of drug-likeness (QED) is 0.266. The highest BCUT2D eigenvalue weighted by molar-refractivity contribution is 7.86. The van der Waals surface area contributed by atoms with E-state index in [1.165, 1.54) is 0 Å². The van der Waals surface area contributed by atoms with Crippen LogP contribution < -0.4 is 0 Å². The van der Waals surface area contributed by atoms with Gasteiger partial charge in [0.2, 0.25) is 5.83 Å². The third-order valence-electron chi connectivity index (χ3n) is 2.00. The number of alkyl halides is 2. The lowest BCUT2D eigenvalue weighted by Crippen LogP contribution is -2.34. The number of unbranched alkanes of at least 4 members (excludes halogenated alkanes) is 1. The standard InChI is InChI=1S/C10H13F3O7S/c1-7(11)9(15)19-5-3-2-4-8(14)20-6-10(12,13)21(16,17)18/h1-6H2,(H,16,17,18)/p-1. The summed E-state index contributed by atoms with van der Waals surface area (Å²) in [5.74, 6) is -3.69. The summed E-state index contributed by atoms with van der Waals surface area (Å²) in [7, 11) is -5.91. The molecule has 0 heterocycles. The first kappa shape index (κ1) is 19.4. The van der Waals surface area contributed by atoms with Gasteiger partial charge in [0.15, 0.2) is 16.7 Å². The molecular weight excluding hydrogens is 321 g/mol. The molecule has 0 unspecified atom stereocenters. The van der Waals surface area contributed by atoms with Crippen LogP contribution in [0.15, 0.2) is 12.4 Å². The summed E-state index contributed by atoms with van der Waals surface area (Å²) < 4.78 is 76.0. The van der Waals surface area contributed by atoms with Gasteiger partial charge in [0, 0.05) is 6.42 Å². The highest BCUT2D eigenvalue weighted by atomic mass is 32.2. The lowest BCUT2D eigenvalue weighted by molar-refractivity contribution is -0.149. The van der Waals surface area contributed by atoms with E-state index in [2.05, 4.69) is 16.1 Å². The Kier molecular flexibility index (Phi) is 7.36. The summed E-state index contributed by atoms with van der Waals surface area (Å²) in [4.78, 5) is 21.6. The number of rotatable bonds is 9. The van der Waals surface area contributed by atoms with Crippen molar-refractivity contribution in [2.24, 2.45) is 0 Å². The number of hydrogen-bond acceptors (Lipinski definition) is 7. The van der Waals surface area contributed by atoms with Gasteiger partial charge in [0.1, 0.15) is 0 Å². The molecule has 0 bridgehead atoms. The van der Waals surface area contributed by atoms with Crippen LogP contribution in [0.2, 0.25) is 0 Å². The minimum Gasteiger partial charge on any atom is -0.743 e. The minimum absolute atomic E-state index is 0.0561. The van der Waals surface area contributed by atoms with E-state index < -0.39 is 39.7 Å². The molecule has 0 aliphatic carbocycles. The molecule has 0 N–H and O–H groups in total. The van der Waals surface area contributed by atoms with Crippen LogP contribution in [0.3, 0.4) is 0 Å². The Bertz CT molecular complexity index is 501. The highest BCUT2D eigenvalue weighted by Crippen LogP contribution is 2.20. The fraction of sp³-hybridized carbons (Fsp3) is 0.600. The Balaban J connectivity index is 3.88. The van der Waals surface area contributed by atoms with Gasteiger partial charge in [-0.3, -0.25) is 4.79 Å². The van der Waals surface area contributed by atoms with Crippen LogP contribution in [-0.4, -0.2) is 43.4 Å². The molecule has 21 heavy (non-hydrogen) atoms. The van der Waals surface area contributed by atoms with Crippen molar-refractivity contribution in [2.75, 3.05) is 13.2 Å². The lowest BCUT2D eigenvalue weighted by atomic mass is 10.2. The Morgan fingerprint density at radius 1 is 1.19 bits per heavy atom. The maximum absolute atomic E-state index is 12.6. The molecule has 0 atom stereocenters. The second kappa shape index (κ2) is 7.98. The Morgan fingerprint density at radius 2 is 1.76 bits per heavy atom. The maximum atomic E-state index is 12.6. The fourth-order valence-electron chi connectivity index (χ4n) is 0.923. The van der Waals surface area contributed by atoms with E-state index in [0.717, 1.165) is 0 Å². The summed E-state index contributed by atoms with van der Waals surface area (Å²) in [6, 6.07) is 0. The molecule has 11 heteroatoms. The van der Waals surface area contributed by atoms with Crippen LogP contribution in [0.4, 0.5) is 13.2 Å². The molecule has 0 aliphatic rings. The van der Waals surface area contributed by atoms with Crippen LogP contribution in [-0.2, 0) is 29.2 Å². The van der Waals surface area contributed by atoms with Crippen molar-refractivity contribution in [3.63, 3.8) is 0 Å². The van der Waals surface area contributed by atoms with Crippen molar-refractivity contribution in [1.29, 1.82) is 0 Å². The molecule has 0 fully saturated rings. The topological polar surface area (TPSA) is 110 Å². The van der Waals surface area contributed by atoms with Gasteiger partial charge >= 0.3 is 17.2 Å². The third-order valence-corrected chi connectivity index (χ3v) is 2.85. The predicted molar refractivity (Wildman–Crippen MR) is 60.7 cm³/mol. The molecule has 0 rings (SSSR count). The number of carbonyl (C=O) groups is 2. The molecule has 0 saturated carbocycles. The number of ether oxygens (including phenoxy) is 2. The van der Waals surface area contributed by atoms with Crippen molar-refractivity contribution >= 4 is 22.1 Å². The van der Waals surface area contributed by atoms with Gasteiger partial charge in [-0.05, 0) is 12.8 Å². The first-order valence-electron chi connectivity index (χ1n) is 5.48. The average Bonchev–Trinajstić information content (AvgIpc) is 2.34. The van der Waals surface area contributed by atoms with Crippen LogP contribution >= 0.6 is 0 Å². The van der Waals surface area contributed by atoms with Crippen molar-refractivity contribution in [3.05, 3.63) is 12.4 Å². The molecular formula is C10H12F3O7S-. The van der Waals surface area contributed by atoms with Gasteiger partial charge in [-0.2, -0.15) is 13.2 Å². The smallest absolute Gasteiger partial charge is 0.367 e. The summed E-state index contributed by atoms with van der Waals surface area (Å²) in [5, 5.41) is -4.69. The van der Waals surface area contributed by atoms with E-state index in [1.807, 2.05) is 0 Å². The SMILES string of the molecule is C=C(F)C(=O)OCCCCC(=O)OCC(F)(F)S(=O)(=O)[O-]. The van der Waals surface area contributed by atoms with Crippen LogP contribution in [0.25, 0.3) is 0 Å². The normalized spacial score (nSPS) is 11.8. The molecule has 0 spiro atoms. The van der Waals surface area contributed by atoms with E-state index in [1.54, 1.807) is 0 Å². The molecule has 0 aromatic carbocycles. The molecule has 122 valence electrons. The van der Waals surface area contributed by atoms with Gasteiger partial charge in [-0.15, -0.1) is 0 Å². The first-order valence-corrected chi connectivity index (χ1v) is 6.88. The number of halogens is 3. The first-order chi connectivity index (χ1) is 9.47. The predicted octanol–water partition coefficient (Wildman–Crippen LogP) is 0.864. The Labute approximate surface area is 118 Å². The average molecular weight is 333 g/mol. The summed E-state index contributed by atoms with van der Waals surface area (Å²) in [6.45, 7) is 0.600. The van der Waals surface area contributed by atoms with Crippen molar-refractivity contribution in [3.8, 4) is 0 Å². The number of hydrogen-bond donors (Lipinski definition) is 0. The van der Waals surface area contributed by atoms with E-state index in [0.29, 0.717) is 0 Å². The fourth-order valence-corrected chi connectivity index (χ4v) is 1.13. The zero-order valence-electron chi connectivity index (χ0n) is 10.6. The van der Waals surface area contributed by atoms with Crippen LogP contribution in [0.5, 0.6) is 0 Å². The summed E-state index contributed by atoms with van der Waals surface area (Å²) in [6.07, 6.45) is -0.200. The number of esters is 2. The molecule has 0 aromatic heterocycles. The second-order valence-electron chi connectivity index (χ2n) is 3.75. The van der Waals surface area contributed by atoms with Gasteiger partial charge < -0.3 is 14.0 Å². The van der Waals surface area contributed by atoms with Gasteiger partial charge in [-0.25, -0.2) is 13.2 Å². The highest BCUT2D eigenvalue weighted by Gasteiger charge is 2.39. The summed E-state index contributed by atoms with van der Waals surface area (Å²) >= 11 is 0. The van der Waals surface area contributed by atoms with Crippen molar-refractivity contribution in [1.82, 2.24) is 0 Å². The van der Waals surface area contributed by atoms with E-state index in [4.69, 9.17) is 0 Å². The summed E-state index contributed by atoms with van der Waals surface area (Å²) in [5.41, 5.74) is 0. The van der Waals surface area contributed by atoms with Gasteiger partial charge in [0.05, 0.1) is 6.61 Å². The minimum atomic E-state index is -5.91. The monoisotopic (exact) mass is 333 g/mol.